The highest BCUT2D eigenvalue weighted by atomic mass is 16.4. The molecule has 0 aromatic rings. The molecule has 1 rings (SSSR count). The molecule has 0 radical (unpaired) electrons. The average Bonchev–Trinajstić information content (AvgIpc) is 2.36. The molecule has 0 aromatic heterocycles. The molecule has 2 unspecified atom stereocenters. The van der Waals surface area contributed by atoms with E-state index in [4.69, 9.17) is 5.11 Å². The summed E-state index contributed by atoms with van der Waals surface area (Å²) in [4.78, 5) is 25.7. The van der Waals surface area contributed by atoms with Crippen molar-refractivity contribution in [3.05, 3.63) is 0 Å². The summed E-state index contributed by atoms with van der Waals surface area (Å²) in [7, 11) is 0. The van der Waals surface area contributed by atoms with Crippen LogP contribution in [0, 0.1) is 23.7 Å². The summed E-state index contributed by atoms with van der Waals surface area (Å²) in [5, 5.41) is 9.14. The van der Waals surface area contributed by atoms with Crippen LogP contribution in [0.15, 0.2) is 0 Å². The molecule has 1 N–H and O–H groups in total. The van der Waals surface area contributed by atoms with Crippen molar-refractivity contribution in [1.29, 1.82) is 0 Å². The van der Waals surface area contributed by atoms with E-state index in [-0.39, 0.29) is 17.7 Å². The zero-order valence-corrected chi connectivity index (χ0v) is 13.3. The summed E-state index contributed by atoms with van der Waals surface area (Å²) in [6, 6.07) is 0. The molecule has 0 spiro atoms. The Morgan fingerprint density at radius 1 is 1.05 bits per heavy atom. The Hall–Kier alpha value is -1.06. The molecular weight excluding hydrogens is 254 g/mol. The standard InChI is InChI=1S/C16H29NO3/c1-11(2)9-17(10-12(3)4)15(18)13-6-5-7-14(8-13)16(19)20/h11-14H,5-10H2,1-4H3,(H,19,20). The number of carboxylic acids is 1. The molecule has 1 aliphatic carbocycles. The molecule has 0 saturated heterocycles. The van der Waals surface area contributed by atoms with Gasteiger partial charge in [0.25, 0.3) is 0 Å². The van der Waals surface area contributed by atoms with E-state index < -0.39 is 5.97 Å². The summed E-state index contributed by atoms with van der Waals surface area (Å²) < 4.78 is 0. The fourth-order valence-electron chi connectivity index (χ4n) is 3.03. The van der Waals surface area contributed by atoms with E-state index in [2.05, 4.69) is 27.7 Å². The molecule has 1 amide bonds. The molecule has 0 aliphatic heterocycles. The minimum absolute atomic E-state index is 0.0950. The van der Waals surface area contributed by atoms with E-state index in [0.29, 0.717) is 24.7 Å². The predicted octanol–water partition coefficient (Wildman–Crippen LogP) is 3.02. The zero-order chi connectivity index (χ0) is 15.3. The lowest BCUT2D eigenvalue weighted by Gasteiger charge is -2.33. The van der Waals surface area contributed by atoms with E-state index in [9.17, 15) is 9.59 Å². The Balaban J connectivity index is 2.69. The maximum Gasteiger partial charge on any atom is 0.306 e. The molecule has 1 aliphatic rings. The first kappa shape index (κ1) is 17.0. The van der Waals surface area contributed by atoms with Gasteiger partial charge in [0.1, 0.15) is 0 Å². The number of rotatable bonds is 6. The molecule has 2 atom stereocenters. The van der Waals surface area contributed by atoms with E-state index in [0.717, 1.165) is 25.9 Å². The summed E-state index contributed by atoms with van der Waals surface area (Å²) in [6.07, 6.45) is 2.92. The van der Waals surface area contributed by atoms with Crippen LogP contribution >= 0.6 is 0 Å². The van der Waals surface area contributed by atoms with E-state index >= 15 is 0 Å². The van der Waals surface area contributed by atoms with Gasteiger partial charge >= 0.3 is 5.97 Å². The fraction of sp³-hybridized carbons (Fsp3) is 0.875. The van der Waals surface area contributed by atoms with Gasteiger partial charge in [-0.15, -0.1) is 0 Å². The first-order valence-electron chi connectivity index (χ1n) is 7.82. The van der Waals surface area contributed by atoms with Crippen molar-refractivity contribution in [1.82, 2.24) is 4.90 Å². The van der Waals surface area contributed by atoms with Gasteiger partial charge in [-0.25, -0.2) is 0 Å². The SMILES string of the molecule is CC(C)CN(CC(C)C)C(=O)C1CCCC(C(=O)O)C1. The number of carbonyl (C=O) groups excluding carboxylic acids is 1. The van der Waals surface area contributed by atoms with Crippen LogP contribution in [0.2, 0.25) is 0 Å². The first-order chi connectivity index (χ1) is 9.31. The van der Waals surface area contributed by atoms with Crippen LogP contribution in [0.25, 0.3) is 0 Å². The minimum atomic E-state index is -0.748. The quantitative estimate of drug-likeness (QED) is 0.815. The van der Waals surface area contributed by atoms with Gasteiger partial charge in [-0.3, -0.25) is 9.59 Å². The Kier molecular flexibility index (Phi) is 6.50. The van der Waals surface area contributed by atoms with Crippen LogP contribution in [0.4, 0.5) is 0 Å². The van der Waals surface area contributed by atoms with Crippen LogP contribution in [0.3, 0.4) is 0 Å². The highest BCUT2D eigenvalue weighted by Gasteiger charge is 2.33. The second kappa shape index (κ2) is 7.65. The van der Waals surface area contributed by atoms with E-state index in [1.165, 1.54) is 0 Å². The Morgan fingerprint density at radius 3 is 2.00 bits per heavy atom. The Labute approximate surface area is 122 Å². The normalized spacial score (nSPS) is 23.1. The Morgan fingerprint density at radius 2 is 1.55 bits per heavy atom. The lowest BCUT2D eigenvalue weighted by Crippen LogP contribution is -2.42. The third-order valence-corrected chi connectivity index (χ3v) is 3.86. The molecule has 4 heteroatoms. The number of aliphatic carboxylic acids is 1. The van der Waals surface area contributed by atoms with Gasteiger partial charge in [0, 0.05) is 19.0 Å². The summed E-state index contributed by atoms with van der Waals surface area (Å²) in [5.41, 5.74) is 0. The van der Waals surface area contributed by atoms with Gasteiger partial charge < -0.3 is 10.0 Å². The van der Waals surface area contributed by atoms with Crippen molar-refractivity contribution in [2.45, 2.75) is 53.4 Å². The Bertz CT molecular complexity index is 329. The van der Waals surface area contributed by atoms with Crippen LogP contribution < -0.4 is 0 Å². The topological polar surface area (TPSA) is 57.6 Å². The van der Waals surface area contributed by atoms with Crippen molar-refractivity contribution in [2.24, 2.45) is 23.7 Å². The number of carbonyl (C=O) groups is 2. The number of hydrogen-bond acceptors (Lipinski definition) is 2. The molecule has 1 saturated carbocycles. The summed E-state index contributed by atoms with van der Waals surface area (Å²) >= 11 is 0. The lowest BCUT2D eigenvalue weighted by molar-refractivity contribution is -0.145. The summed E-state index contributed by atoms with van der Waals surface area (Å²) in [6.45, 7) is 9.99. The summed E-state index contributed by atoms with van der Waals surface area (Å²) in [5.74, 6) is -0.131. The second-order valence-corrected chi connectivity index (χ2v) is 6.93. The number of amides is 1. The molecule has 0 aromatic carbocycles. The maximum absolute atomic E-state index is 12.7. The number of hydrogen-bond donors (Lipinski definition) is 1. The van der Waals surface area contributed by atoms with Crippen LogP contribution in [0.5, 0.6) is 0 Å². The van der Waals surface area contributed by atoms with Crippen molar-refractivity contribution in [3.8, 4) is 0 Å². The van der Waals surface area contributed by atoms with Gasteiger partial charge in [-0.2, -0.15) is 0 Å². The largest absolute Gasteiger partial charge is 0.481 e. The predicted molar refractivity (Wildman–Crippen MR) is 79.3 cm³/mol. The van der Waals surface area contributed by atoms with Crippen LogP contribution in [-0.4, -0.2) is 35.0 Å². The number of carboxylic acid groups (broad SMARTS) is 1. The van der Waals surface area contributed by atoms with Crippen LogP contribution in [-0.2, 0) is 9.59 Å². The number of nitrogens with zero attached hydrogens (tertiary/aromatic N) is 1. The molecule has 20 heavy (non-hydrogen) atoms. The molecule has 0 bridgehead atoms. The highest BCUT2D eigenvalue weighted by Crippen LogP contribution is 2.31. The van der Waals surface area contributed by atoms with Crippen molar-refractivity contribution >= 4 is 11.9 Å². The molecule has 4 nitrogen and oxygen atoms in total. The van der Waals surface area contributed by atoms with Gasteiger partial charge in [0.2, 0.25) is 5.91 Å². The van der Waals surface area contributed by atoms with E-state index in [1.807, 2.05) is 4.90 Å². The lowest BCUT2D eigenvalue weighted by atomic mass is 9.80. The molecule has 0 heterocycles. The maximum atomic E-state index is 12.7. The monoisotopic (exact) mass is 283 g/mol. The molecule has 116 valence electrons. The van der Waals surface area contributed by atoms with Gasteiger partial charge in [-0.1, -0.05) is 34.1 Å². The third kappa shape index (κ3) is 5.14. The van der Waals surface area contributed by atoms with Crippen molar-refractivity contribution in [3.63, 3.8) is 0 Å². The van der Waals surface area contributed by atoms with E-state index in [1.54, 1.807) is 0 Å². The van der Waals surface area contributed by atoms with Gasteiger partial charge in [0.05, 0.1) is 5.92 Å². The fourth-order valence-corrected chi connectivity index (χ4v) is 3.03. The molecule has 1 fully saturated rings. The second-order valence-electron chi connectivity index (χ2n) is 6.93. The minimum Gasteiger partial charge on any atom is -0.481 e. The molecular formula is C16H29NO3. The van der Waals surface area contributed by atoms with Crippen molar-refractivity contribution in [2.75, 3.05) is 13.1 Å². The van der Waals surface area contributed by atoms with Gasteiger partial charge in [0.15, 0.2) is 0 Å². The first-order valence-corrected chi connectivity index (χ1v) is 7.82. The van der Waals surface area contributed by atoms with Gasteiger partial charge in [-0.05, 0) is 31.1 Å². The zero-order valence-electron chi connectivity index (χ0n) is 13.3. The van der Waals surface area contributed by atoms with Crippen LogP contribution in [0.1, 0.15) is 53.4 Å². The average molecular weight is 283 g/mol. The van der Waals surface area contributed by atoms with Crippen molar-refractivity contribution < 1.29 is 14.7 Å². The smallest absolute Gasteiger partial charge is 0.306 e. The highest BCUT2D eigenvalue weighted by molar-refractivity contribution is 5.80. The third-order valence-electron chi connectivity index (χ3n) is 3.86.